The van der Waals surface area contributed by atoms with E-state index in [0.29, 0.717) is 56.2 Å². The van der Waals surface area contributed by atoms with E-state index in [4.69, 9.17) is 15.3 Å². The number of likely N-dealkylation sites (tertiary alicyclic amines) is 2. The molecule has 0 spiro atoms. The van der Waals surface area contributed by atoms with Crippen molar-refractivity contribution in [3.8, 4) is 23.6 Å². The van der Waals surface area contributed by atoms with Gasteiger partial charge in [-0.15, -0.1) is 0 Å². The van der Waals surface area contributed by atoms with Gasteiger partial charge in [-0.25, -0.2) is 9.37 Å². The fraction of sp³-hybridized carbons (Fsp3) is 0.400. The number of carbonyl (C=O) groups is 2. The zero-order chi connectivity index (χ0) is 30.9. The topological polar surface area (TPSA) is 166 Å². The SMILES string of the molecule is N#CN1CC[C@@H](NC(=O)c2cc(-c3ccccc3F)n[nH]2)C1.N#CN1CC[C@@H](NC(=O)c2ccc(N3CCOCC3)nc2)C1. The Morgan fingerprint density at radius 3 is 2.18 bits per heavy atom. The highest BCUT2D eigenvalue weighted by Gasteiger charge is 2.25. The van der Waals surface area contributed by atoms with Crippen LogP contribution in [0.1, 0.15) is 33.7 Å². The van der Waals surface area contributed by atoms with Gasteiger partial charge in [0.05, 0.1) is 24.5 Å². The summed E-state index contributed by atoms with van der Waals surface area (Å²) in [7, 11) is 0. The number of nitrogens with one attached hydrogen (secondary N) is 3. The zero-order valence-electron chi connectivity index (χ0n) is 24.1. The van der Waals surface area contributed by atoms with Crippen LogP contribution in [0.25, 0.3) is 11.3 Å². The summed E-state index contributed by atoms with van der Waals surface area (Å²) in [6, 6.07) is 11.4. The maximum atomic E-state index is 13.7. The van der Waals surface area contributed by atoms with Crippen LogP contribution in [-0.4, -0.2) is 101 Å². The summed E-state index contributed by atoms with van der Waals surface area (Å²) < 4.78 is 19.0. The summed E-state index contributed by atoms with van der Waals surface area (Å²) in [5, 5.41) is 30.0. The molecular weight excluding hydrogens is 567 g/mol. The molecule has 3 saturated heterocycles. The normalized spacial score (nSPS) is 19.4. The average molecular weight is 601 g/mol. The van der Waals surface area contributed by atoms with Gasteiger partial charge in [-0.2, -0.15) is 15.6 Å². The van der Waals surface area contributed by atoms with E-state index in [2.05, 4.69) is 43.1 Å². The Hall–Kier alpha value is -5.21. The van der Waals surface area contributed by atoms with Crippen LogP contribution < -0.4 is 15.5 Å². The van der Waals surface area contributed by atoms with Gasteiger partial charge in [-0.05, 0) is 43.2 Å². The second-order valence-electron chi connectivity index (χ2n) is 10.7. The van der Waals surface area contributed by atoms with E-state index >= 15 is 0 Å². The molecule has 0 unspecified atom stereocenters. The second-order valence-corrected chi connectivity index (χ2v) is 10.7. The number of aromatic amines is 1. The quantitative estimate of drug-likeness (QED) is 0.355. The van der Waals surface area contributed by atoms with E-state index in [1.54, 1.807) is 40.3 Å². The molecule has 3 N–H and O–H groups in total. The Labute approximate surface area is 254 Å². The largest absolute Gasteiger partial charge is 0.378 e. The Morgan fingerprint density at radius 2 is 1.59 bits per heavy atom. The number of pyridine rings is 1. The number of morpholine rings is 1. The summed E-state index contributed by atoms with van der Waals surface area (Å²) in [5.41, 5.74) is 1.55. The smallest absolute Gasteiger partial charge is 0.269 e. The Balaban J connectivity index is 0.000000175. The predicted octanol–water partition coefficient (Wildman–Crippen LogP) is 1.70. The van der Waals surface area contributed by atoms with E-state index in [-0.39, 0.29) is 35.4 Å². The molecule has 0 aliphatic carbocycles. The van der Waals surface area contributed by atoms with Crippen LogP contribution in [-0.2, 0) is 4.74 Å². The number of amides is 2. The lowest BCUT2D eigenvalue weighted by molar-refractivity contribution is 0.0927. The summed E-state index contributed by atoms with van der Waals surface area (Å²) in [6.45, 7) is 5.51. The third-order valence-corrected chi connectivity index (χ3v) is 7.65. The van der Waals surface area contributed by atoms with E-state index < -0.39 is 0 Å². The number of ether oxygens (including phenoxy) is 1. The number of H-pyrrole nitrogens is 1. The third kappa shape index (κ3) is 7.59. The molecule has 0 saturated carbocycles. The summed E-state index contributed by atoms with van der Waals surface area (Å²) >= 11 is 0. The number of nitriles is 2. The van der Waals surface area contributed by atoms with Crippen LogP contribution in [0.2, 0.25) is 0 Å². The van der Waals surface area contributed by atoms with Gasteiger partial charge in [0, 0.05) is 63.1 Å². The molecule has 44 heavy (non-hydrogen) atoms. The van der Waals surface area contributed by atoms with Crippen LogP contribution in [0, 0.1) is 28.7 Å². The molecule has 0 bridgehead atoms. The molecule has 2 amide bonds. The number of carbonyl (C=O) groups excluding carboxylic acids is 2. The second kappa shape index (κ2) is 14.3. The van der Waals surface area contributed by atoms with Crippen molar-refractivity contribution in [2.45, 2.75) is 24.9 Å². The number of hydrogen-bond acceptors (Lipinski definition) is 10. The highest BCUT2D eigenvalue weighted by atomic mass is 19.1. The van der Waals surface area contributed by atoms with E-state index in [1.807, 2.05) is 6.07 Å². The molecule has 13 nitrogen and oxygen atoms in total. The summed E-state index contributed by atoms with van der Waals surface area (Å²) in [6.07, 6.45) is 7.31. The van der Waals surface area contributed by atoms with Crippen LogP contribution in [0.4, 0.5) is 10.2 Å². The van der Waals surface area contributed by atoms with Crippen LogP contribution in [0.3, 0.4) is 0 Å². The highest BCUT2D eigenvalue weighted by Crippen LogP contribution is 2.21. The first kappa shape index (κ1) is 30.3. The van der Waals surface area contributed by atoms with Gasteiger partial charge < -0.3 is 30.1 Å². The molecule has 2 atom stereocenters. The number of aromatic nitrogens is 3. The standard InChI is InChI=1S/C15H14FN5O.C15H19N5O2/c16-12-4-2-1-3-11(12)13-7-14(20-19-13)15(22)18-10-5-6-21(8-10)9-17;16-11-19-4-3-13(10-19)18-15(21)12-1-2-14(17-9-12)20-5-7-22-8-6-20/h1-4,7,10H,5-6,8H2,(H,18,22)(H,19,20);1-2,9,13H,3-8,10H2,(H,18,21)/t10-;13-/m11/s1. The van der Waals surface area contributed by atoms with Crippen molar-refractivity contribution >= 4 is 17.6 Å². The van der Waals surface area contributed by atoms with Crippen molar-refractivity contribution in [2.24, 2.45) is 0 Å². The molecule has 3 fully saturated rings. The fourth-order valence-electron chi connectivity index (χ4n) is 5.21. The van der Waals surface area contributed by atoms with Crippen LogP contribution >= 0.6 is 0 Å². The molecule has 1 aromatic carbocycles. The average Bonchev–Trinajstić information content (AvgIpc) is 3.84. The number of halogens is 1. The van der Waals surface area contributed by atoms with Crippen LogP contribution in [0.15, 0.2) is 48.7 Å². The molecule has 2 aromatic heterocycles. The molecule has 3 aromatic rings. The van der Waals surface area contributed by atoms with Crippen molar-refractivity contribution in [1.29, 1.82) is 10.5 Å². The number of anilines is 1. The molecule has 14 heteroatoms. The van der Waals surface area contributed by atoms with Crippen molar-refractivity contribution in [3.63, 3.8) is 0 Å². The molecule has 5 heterocycles. The summed E-state index contributed by atoms with van der Waals surface area (Å²) in [5.74, 6) is 0.0449. The maximum Gasteiger partial charge on any atom is 0.269 e. The first-order valence-corrected chi connectivity index (χ1v) is 14.4. The Morgan fingerprint density at radius 1 is 0.932 bits per heavy atom. The van der Waals surface area contributed by atoms with E-state index in [1.165, 1.54) is 12.1 Å². The lowest BCUT2D eigenvalue weighted by Gasteiger charge is -2.27. The number of nitrogens with zero attached hydrogens (tertiary/aromatic N) is 7. The van der Waals surface area contributed by atoms with Gasteiger partial charge in [0.15, 0.2) is 12.4 Å². The first-order chi connectivity index (χ1) is 21.4. The monoisotopic (exact) mass is 600 g/mol. The minimum atomic E-state index is -0.388. The van der Waals surface area contributed by atoms with Gasteiger partial charge in [0.2, 0.25) is 0 Å². The van der Waals surface area contributed by atoms with E-state index in [9.17, 15) is 14.0 Å². The molecule has 228 valence electrons. The number of rotatable bonds is 6. The van der Waals surface area contributed by atoms with Crippen LogP contribution in [0.5, 0.6) is 0 Å². The summed E-state index contributed by atoms with van der Waals surface area (Å²) in [4.78, 5) is 34.1. The van der Waals surface area contributed by atoms with Crippen molar-refractivity contribution in [3.05, 3.63) is 65.7 Å². The molecule has 3 aliphatic rings. The minimum Gasteiger partial charge on any atom is -0.378 e. The number of hydrogen-bond donors (Lipinski definition) is 3. The van der Waals surface area contributed by atoms with Crippen molar-refractivity contribution in [1.82, 2.24) is 35.6 Å². The van der Waals surface area contributed by atoms with Gasteiger partial charge >= 0.3 is 0 Å². The third-order valence-electron chi connectivity index (χ3n) is 7.65. The van der Waals surface area contributed by atoms with Gasteiger partial charge in [-0.3, -0.25) is 14.7 Å². The van der Waals surface area contributed by atoms with Crippen molar-refractivity contribution < 1.29 is 18.7 Å². The lowest BCUT2D eigenvalue weighted by atomic mass is 10.1. The predicted molar refractivity (Wildman–Crippen MR) is 157 cm³/mol. The first-order valence-electron chi connectivity index (χ1n) is 14.4. The molecule has 6 rings (SSSR count). The minimum absolute atomic E-state index is 0.0334. The Kier molecular flexibility index (Phi) is 9.84. The van der Waals surface area contributed by atoms with Gasteiger partial charge in [0.1, 0.15) is 17.3 Å². The maximum absolute atomic E-state index is 13.7. The van der Waals surface area contributed by atoms with Crippen molar-refractivity contribution in [2.75, 3.05) is 57.4 Å². The highest BCUT2D eigenvalue weighted by molar-refractivity contribution is 5.94. The lowest BCUT2D eigenvalue weighted by Crippen LogP contribution is -2.37. The zero-order valence-corrected chi connectivity index (χ0v) is 24.1. The molecule has 0 radical (unpaired) electrons. The fourth-order valence-corrected chi connectivity index (χ4v) is 5.21. The van der Waals surface area contributed by atoms with E-state index in [0.717, 1.165) is 31.7 Å². The Bertz CT molecular complexity index is 1530. The van der Waals surface area contributed by atoms with Gasteiger partial charge in [-0.1, -0.05) is 12.1 Å². The van der Waals surface area contributed by atoms with Gasteiger partial charge in [0.25, 0.3) is 11.8 Å². The number of benzene rings is 1. The molecular formula is C30H33FN10O3. The molecule has 3 aliphatic heterocycles.